The van der Waals surface area contributed by atoms with Gasteiger partial charge in [-0.25, -0.2) is 0 Å². The number of benzodiazepines with no additional fused rings is 1. The standard InChI is InChI=1S/C18H15ClN2S/c19-13-8-9-15-14(10-13)16(11-4-2-1-3-5-11)21-17(12-6-7-12)18(22)20-15/h1-5,8-10,12,17H,6-7H2,(H,20,22)/t17-/m0/s1. The summed E-state index contributed by atoms with van der Waals surface area (Å²) < 4.78 is 0. The first kappa shape index (κ1) is 13.9. The molecule has 4 rings (SSSR count). The molecule has 0 aromatic heterocycles. The summed E-state index contributed by atoms with van der Waals surface area (Å²) in [5.74, 6) is 0.573. The zero-order chi connectivity index (χ0) is 15.1. The van der Waals surface area contributed by atoms with Crippen LogP contribution in [0.5, 0.6) is 0 Å². The van der Waals surface area contributed by atoms with Crippen molar-refractivity contribution in [2.45, 2.75) is 18.9 Å². The molecule has 1 heterocycles. The Morgan fingerprint density at radius 1 is 1.09 bits per heavy atom. The highest BCUT2D eigenvalue weighted by Crippen LogP contribution is 2.38. The number of anilines is 1. The normalized spacial score (nSPS) is 20.7. The molecule has 1 fully saturated rings. The van der Waals surface area contributed by atoms with Gasteiger partial charge in [0.15, 0.2) is 0 Å². The zero-order valence-corrected chi connectivity index (χ0v) is 13.5. The molecule has 0 radical (unpaired) electrons. The van der Waals surface area contributed by atoms with Gasteiger partial charge in [0.2, 0.25) is 0 Å². The van der Waals surface area contributed by atoms with Gasteiger partial charge in [0.05, 0.1) is 5.71 Å². The molecule has 22 heavy (non-hydrogen) atoms. The molecule has 4 heteroatoms. The maximum Gasteiger partial charge on any atom is 0.105 e. The van der Waals surface area contributed by atoms with Crippen LogP contribution in [0.2, 0.25) is 5.02 Å². The van der Waals surface area contributed by atoms with Gasteiger partial charge in [0, 0.05) is 21.8 Å². The van der Waals surface area contributed by atoms with Gasteiger partial charge in [-0.05, 0) is 37.0 Å². The smallest absolute Gasteiger partial charge is 0.105 e. The third-order valence-electron chi connectivity index (χ3n) is 4.15. The van der Waals surface area contributed by atoms with Crippen LogP contribution in [0.1, 0.15) is 24.0 Å². The van der Waals surface area contributed by atoms with Gasteiger partial charge in [0.25, 0.3) is 0 Å². The highest BCUT2D eigenvalue weighted by molar-refractivity contribution is 7.80. The topological polar surface area (TPSA) is 24.4 Å². The molecular formula is C18H15ClN2S. The fourth-order valence-corrected chi connectivity index (χ4v) is 3.38. The van der Waals surface area contributed by atoms with Crippen LogP contribution in [0, 0.1) is 5.92 Å². The molecule has 1 saturated carbocycles. The second-order valence-corrected chi connectivity index (χ2v) is 6.68. The van der Waals surface area contributed by atoms with E-state index in [1.165, 1.54) is 12.8 Å². The first-order valence-electron chi connectivity index (χ1n) is 7.46. The van der Waals surface area contributed by atoms with Crippen LogP contribution in [0.15, 0.2) is 53.5 Å². The maximum atomic E-state index is 6.21. The van der Waals surface area contributed by atoms with E-state index in [0.717, 1.165) is 27.5 Å². The summed E-state index contributed by atoms with van der Waals surface area (Å²) >= 11 is 11.8. The number of nitrogens with zero attached hydrogens (tertiary/aromatic N) is 1. The molecule has 0 unspecified atom stereocenters. The van der Waals surface area contributed by atoms with Crippen molar-refractivity contribution in [1.82, 2.24) is 0 Å². The molecule has 1 atom stereocenters. The van der Waals surface area contributed by atoms with Crippen molar-refractivity contribution in [3.8, 4) is 0 Å². The fraction of sp³-hybridized carbons (Fsp3) is 0.222. The summed E-state index contributed by atoms with van der Waals surface area (Å²) in [5.41, 5.74) is 4.08. The van der Waals surface area contributed by atoms with Crippen molar-refractivity contribution in [1.29, 1.82) is 0 Å². The summed E-state index contributed by atoms with van der Waals surface area (Å²) in [6.07, 6.45) is 2.41. The minimum Gasteiger partial charge on any atom is -0.348 e. The van der Waals surface area contributed by atoms with E-state index in [4.69, 9.17) is 28.8 Å². The lowest BCUT2D eigenvalue weighted by molar-refractivity contribution is 0.755. The Morgan fingerprint density at radius 2 is 1.86 bits per heavy atom. The first-order valence-corrected chi connectivity index (χ1v) is 8.25. The maximum absolute atomic E-state index is 6.21. The van der Waals surface area contributed by atoms with Crippen molar-refractivity contribution in [3.63, 3.8) is 0 Å². The first-order chi connectivity index (χ1) is 10.7. The summed E-state index contributed by atoms with van der Waals surface area (Å²) in [6.45, 7) is 0. The van der Waals surface area contributed by atoms with Crippen molar-refractivity contribution in [2.24, 2.45) is 10.9 Å². The lowest BCUT2D eigenvalue weighted by Gasteiger charge is -2.12. The van der Waals surface area contributed by atoms with E-state index >= 15 is 0 Å². The Balaban J connectivity index is 1.91. The lowest BCUT2D eigenvalue weighted by atomic mass is 10.0. The molecule has 1 aliphatic carbocycles. The Kier molecular flexibility index (Phi) is 3.47. The predicted octanol–water partition coefficient (Wildman–Crippen LogP) is 4.71. The second kappa shape index (κ2) is 5.49. The van der Waals surface area contributed by atoms with Crippen LogP contribution in [0.25, 0.3) is 0 Å². The molecule has 2 aromatic rings. The van der Waals surface area contributed by atoms with Crippen molar-refractivity contribution >= 4 is 40.2 Å². The molecule has 0 bridgehead atoms. The highest BCUT2D eigenvalue weighted by atomic mass is 35.5. The van der Waals surface area contributed by atoms with Gasteiger partial charge < -0.3 is 5.32 Å². The quantitative estimate of drug-likeness (QED) is 0.808. The lowest BCUT2D eigenvalue weighted by Crippen LogP contribution is -2.25. The summed E-state index contributed by atoms with van der Waals surface area (Å²) in [4.78, 5) is 5.84. The predicted molar refractivity (Wildman–Crippen MR) is 96.3 cm³/mol. The van der Waals surface area contributed by atoms with E-state index in [9.17, 15) is 0 Å². The molecule has 0 amide bonds. The minimum absolute atomic E-state index is 0.0661. The average molecular weight is 327 g/mol. The van der Waals surface area contributed by atoms with Crippen molar-refractivity contribution in [3.05, 3.63) is 64.7 Å². The number of rotatable bonds is 2. The van der Waals surface area contributed by atoms with Crippen LogP contribution >= 0.6 is 23.8 Å². The molecule has 2 aromatic carbocycles. The number of hydrogen-bond donors (Lipinski definition) is 1. The molecule has 1 N–H and O–H groups in total. The third kappa shape index (κ3) is 2.55. The molecule has 0 saturated heterocycles. The monoisotopic (exact) mass is 326 g/mol. The average Bonchev–Trinajstić information content (AvgIpc) is 3.35. The largest absolute Gasteiger partial charge is 0.348 e. The summed E-state index contributed by atoms with van der Waals surface area (Å²) in [5, 5.41) is 4.09. The Labute approximate surface area is 140 Å². The number of benzene rings is 2. The number of hydrogen-bond acceptors (Lipinski definition) is 2. The Bertz CT molecular complexity index is 766. The number of aliphatic imine (C=N–C) groups is 1. The minimum atomic E-state index is 0.0661. The van der Waals surface area contributed by atoms with E-state index < -0.39 is 0 Å². The van der Waals surface area contributed by atoms with Crippen LogP contribution in [0.3, 0.4) is 0 Å². The number of fused-ring (bicyclic) bond motifs is 1. The van der Waals surface area contributed by atoms with Crippen LogP contribution in [-0.4, -0.2) is 16.7 Å². The van der Waals surface area contributed by atoms with Crippen molar-refractivity contribution in [2.75, 3.05) is 5.32 Å². The van der Waals surface area contributed by atoms with E-state index in [1.54, 1.807) is 0 Å². The molecule has 2 nitrogen and oxygen atoms in total. The molecule has 1 aliphatic heterocycles. The molecule has 110 valence electrons. The van der Waals surface area contributed by atoms with E-state index in [0.29, 0.717) is 10.9 Å². The SMILES string of the molecule is S=C1Nc2ccc(Cl)cc2C(c2ccccc2)=N[C@H]1C1CC1. The Hall–Kier alpha value is -1.71. The van der Waals surface area contributed by atoms with Crippen LogP contribution < -0.4 is 5.32 Å². The van der Waals surface area contributed by atoms with Crippen LogP contribution in [-0.2, 0) is 0 Å². The van der Waals surface area contributed by atoms with Crippen molar-refractivity contribution < 1.29 is 0 Å². The number of nitrogens with one attached hydrogen (secondary N) is 1. The summed E-state index contributed by atoms with van der Waals surface area (Å²) in [6, 6.07) is 16.2. The van der Waals surface area contributed by atoms with Gasteiger partial charge in [-0.15, -0.1) is 0 Å². The highest BCUT2D eigenvalue weighted by Gasteiger charge is 2.36. The Morgan fingerprint density at radius 3 is 2.59 bits per heavy atom. The van der Waals surface area contributed by atoms with E-state index in [2.05, 4.69) is 17.4 Å². The van der Waals surface area contributed by atoms with Gasteiger partial charge in [-0.2, -0.15) is 0 Å². The number of halogens is 1. The van der Waals surface area contributed by atoms with Gasteiger partial charge in [0.1, 0.15) is 11.0 Å². The second-order valence-electron chi connectivity index (χ2n) is 5.81. The van der Waals surface area contributed by atoms with Gasteiger partial charge in [-0.1, -0.05) is 54.2 Å². The number of thiocarbonyl (C=S) groups is 1. The molecule has 0 spiro atoms. The van der Waals surface area contributed by atoms with Gasteiger partial charge in [-0.3, -0.25) is 4.99 Å². The van der Waals surface area contributed by atoms with Gasteiger partial charge >= 0.3 is 0 Å². The third-order valence-corrected chi connectivity index (χ3v) is 4.73. The van der Waals surface area contributed by atoms with E-state index in [1.807, 2.05) is 36.4 Å². The fourth-order valence-electron chi connectivity index (χ4n) is 2.85. The van der Waals surface area contributed by atoms with E-state index in [-0.39, 0.29) is 6.04 Å². The zero-order valence-electron chi connectivity index (χ0n) is 11.9. The summed E-state index contributed by atoms with van der Waals surface area (Å²) in [7, 11) is 0. The molecular weight excluding hydrogens is 312 g/mol. The van der Waals surface area contributed by atoms with Crippen LogP contribution in [0.4, 0.5) is 5.69 Å². The molecule has 2 aliphatic rings.